The lowest BCUT2D eigenvalue weighted by atomic mass is 10.2. The van der Waals surface area contributed by atoms with Gasteiger partial charge in [-0.3, -0.25) is 0 Å². The molecule has 2 N–H and O–H groups in total. The number of nitrogens with two attached hydrogens (primary N) is 1. The summed E-state index contributed by atoms with van der Waals surface area (Å²) >= 11 is 0. The molecule has 1 unspecified atom stereocenters. The van der Waals surface area contributed by atoms with Gasteiger partial charge in [-0.25, -0.2) is 8.78 Å². The van der Waals surface area contributed by atoms with Crippen molar-refractivity contribution in [3.05, 3.63) is 35.7 Å². The van der Waals surface area contributed by atoms with Gasteiger partial charge in [-0.05, 0) is 18.2 Å². The van der Waals surface area contributed by atoms with Gasteiger partial charge in [-0.2, -0.15) is 4.98 Å². The number of benzene rings is 1. The van der Waals surface area contributed by atoms with Gasteiger partial charge in [-0.1, -0.05) is 5.16 Å². The minimum Gasteiger partial charge on any atom is -0.370 e. The monoisotopic (exact) mass is 291 g/mol. The maximum atomic E-state index is 13.1. The van der Waals surface area contributed by atoms with Crippen LogP contribution in [-0.4, -0.2) is 23.8 Å². The normalized spacial score (nSPS) is 12.0. The zero-order valence-corrected chi connectivity index (χ0v) is 10.8. The fraction of sp³-hybridized carbons (Fsp3) is 0.273. The highest BCUT2D eigenvalue weighted by Gasteiger charge is 2.18. The average molecular weight is 292 g/mol. The van der Waals surface area contributed by atoms with Gasteiger partial charge in [0.2, 0.25) is 5.82 Å². The summed E-state index contributed by atoms with van der Waals surface area (Å²) in [6, 6.07) is 3.35. The second-order valence-electron chi connectivity index (χ2n) is 3.55. The van der Waals surface area contributed by atoms with Crippen molar-refractivity contribution in [3.63, 3.8) is 0 Å². The van der Waals surface area contributed by atoms with Gasteiger partial charge in [0, 0.05) is 19.2 Å². The summed E-state index contributed by atoms with van der Waals surface area (Å²) < 4.78 is 35.8. The van der Waals surface area contributed by atoms with Gasteiger partial charge in [0.15, 0.2) is 11.6 Å². The Hall–Kier alpha value is -1.57. The number of methoxy groups -OCH3 is 1. The van der Waals surface area contributed by atoms with Crippen molar-refractivity contribution in [1.82, 2.24) is 10.1 Å². The van der Waals surface area contributed by atoms with E-state index in [4.69, 9.17) is 15.0 Å². The lowest BCUT2D eigenvalue weighted by Gasteiger charge is -2.05. The Bertz CT molecular complexity index is 546. The van der Waals surface area contributed by atoms with Crippen molar-refractivity contribution in [3.8, 4) is 11.4 Å². The highest BCUT2D eigenvalue weighted by molar-refractivity contribution is 5.85. The van der Waals surface area contributed by atoms with Crippen LogP contribution in [-0.2, 0) is 4.74 Å². The molecule has 19 heavy (non-hydrogen) atoms. The summed E-state index contributed by atoms with van der Waals surface area (Å²) in [5, 5.41) is 3.66. The molecule has 1 aromatic heterocycles. The molecule has 8 heteroatoms. The van der Waals surface area contributed by atoms with Crippen LogP contribution in [0.25, 0.3) is 11.4 Å². The Morgan fingerprint density at radius 1 is 1.37 bits per heavy atom. The van der Waals surface area contributed by atoms with Crippen LogP contribution in [0.1, 0.15) is 12.0 Å². The summed E-state index contributed by atoms with van der Waals surface area (Å²) in [6.07, 6.45) is -0.517. The summed E-state index contributed by atoms with van der Waals surface area (Å²) in [5.74, 6) is -1.56. The molecule has 0 fully saturated rings. The van der Waals surface area contributed by atoms with E-state index in [0.717, 1.165) is 12.1 Å². The third-order valence-electron chi connectivity index (χ3n) is 2.39. The Kier molecular flexibility index (Phi) is 5.34. The van der Waals surface area contributed by atoms with Gasteiger partial charge < -0.3 is 15.0 Å². The number of rotatable bonds is 4. The van der Waals surface area contributed by atoms with E-state index in [0.29, 0.717) is 5.56 Å². The Morgan fingerprint density at radius 3 is 2.68 bits per heavy atom. The molecule has 1 atom stereocenters. The molecular weight excluding hydrogens is 280 g/mol. The van der Waals surface area contributed by atoms with Gasteiger partial charge in [-0.15, -0.1) is 12.4 Å². The minimum absolute atomic E-state index is 0. The SMILES string of the molecule is COC(CN)c1nc(-c2ccc(F)c(F)c2)no1.Cl. The number of hydrogen-bond donors (Lipinski definition) is 1. The molecule has 104 valence electrons. The van der Waals surface area contributed by atoms with E-state index >= 15 is 0 Å². The topological polar surface area (TPSA) is 74.2 Å². The van der Waals surface area contributed by atoms with Gasteiger partial charge in [0.1, 0.15) is 6.10 Å². The molecule has 5 nitrogen and oxygen atoms in total. The van der Waals surface area contributed by atoms with Crippen LogP contribution >= 0.6 is 12.4 Å². The zero-order valence-electron chi connectivity index (χ0n) is 9.97. The highest BCUT2D eigenvalue weighted by atomic mass is 35.5. The standard InChI is InChI=1S/C11H11F2N3O2.ClH/c1-17-9(5-14)11-15-10(16-18-11)6-2-3-7(12)8(13)4-6;/h2-4,9H,5,14H2,1H3;1H. The maximum absolute atomic E-state index is 13.1. The summed E-state index contributed by atoms with van der Waals surface area (Å²) in [4.78, 5) is 4.02. The second kappa shape index (κ2) is 6.55. The molecule has 0 aliphatic heterocycles. The first kappa shape index (κ1) is 15.5. The highest BCUT2D eigenvalue weighted by Crippen LogP contribution is 2.21. The van der Waals surface area contributed by atoms with Crippen LogP contribution in [0.15, 0.2) is 22.7 Å². The average Bonchev–Trinajstić information content (AvgIpc) is 2.84. The molecule has 0 spiro atoms. The number of hydrogen-bond acceptors (Lipinski definition) is 5. The minimum atomic E-state index is -0.971. The Labute approximate surface area is 114 Å². The smallest absolute Gasteiger partial charge is 0.257 e. The predicted molar refractivity (Wildman–Crippen MR) is 65.7 cm³/mol. The lowest BCUT2D eigenvalue weighted by molar-refractivity contribution is 0.0804. The molecule has 0 aliphatic rings. The molecule has 2 rings (SSSR count). The van der Waals surface area contributed by atoms with Crippen LogP contribution < -0.4 is 5.73 Å². The number of nitrogens with zero attached hydrogens (tertiary/aromatic N) is 2. The Balaban J connectivity index is 0.00000180. The van der Waals surface area contributed by atoms with E-state index in [1.165, 1.54) is 13.2 Å². The third-order valence-corrected chi connectivity index (χ3v) is 2.39. The number of ether oxygens (including phenoxy) is 1. The third kappa shape index (κ3) is 3.25. The molecule has 0 bridgehead atoms. The van der Waals surface area contributed by atoms with Gasteiger partial charge in [0.05, 0.1) is 0 Å². The summed E-state index contributed by atoms with van der Waals surface area (Å²) in [7, 11) is 1.46. The van der Waals surface area contributed by atoms with Crippen molar-refractivity contribution >= 4 is 12.4 Å². The van der Waals surface area contributed by atoms with Crippen molar-refractivity contribution in [1.29, 1.82) is 0 Å². The molecule has 2 aromatic rings. The first-order chi connectivity index (χ1) is 8.65. The fourth-order valence-electron chi connectivity index (χ4n) is 1.42. The predicted octanol–water partition coefficient (Wildman–Crippen LogP) is 2.08. The molecule has 0 saturated heterocycles. The van der Waals surface area contributed by atoms with Crippen molar-refractivity contribution in [2.45, 2.75) is 6.10 Å². The van der Waals surface area contributed by atoms with Gasteiger partial charge >= 0.3 is 0 Å². The summed E-state index contributed by atoms with van der Waals surface area (Å²) in [6.45, 7) is 0.177. The molecule has 0 radical (unpaired) electrons. The van der Waals surface area contributed by atoms with Crippen LogP contribution in [0, 0.1) is 11.6 Å². The molecule has 1 heterocycles. The first-order valence-electron chi connectivity index (χ1n) is 5.17. The van der Waals surface area contributed by atoms with E-state index in [2.05, 4.69) is 10.1 Å². The zero-order chi connectivity index (χ0) is 13.1. The quantitative estimate of drug-likeness (QED) is 0.933. The van der Waals surface area contributed by atoms with Crippen LogP contribution in [0.3, 0.4) is 0 Å². The number of halogens is 3. The summed E-state index contributed by atoms with van der Waals surface area (Å²) in [5.41, 5.74) is 5.76. The van der Waals surface area contributed by atoms with Crippen LogP contribution in [0.4, 0.5) is 8.78 Å². The van der Waals surface area contributed by atoms with E-state index in [9.17, 15) is 8.78 Å². The maximum Gasteiger partial charge on any atom is 0.257 e. The van der Waals surface area contributed by atoms with E-state index < -0.39 is 17.7 Å². The van der Waals surface area contributed by atoms with E-state index in [1.807, 2.05) is 0 Å². The molecule has 0 amide bonds. The van der Waals surface area contributed by atoms with Gasteiger partial charge in [0.25, 0.3) is 5.89 Å². The Morgan fingerprint density at radius 2 is 2.11 bits per heavy atom. The van der Waals surface area contributed by atoms with Crippen molar-refractivity contribution < 1.29 is 18.0 Å². The van der Waals surface area contributed by atoms with E-state index in [-0.39, 0.29) is 30.7 Å². The largest absolute Gasteiger partial charge is 0.370 e. The van der Waals surface area contributed by atoms with E-state index in [1.54, 1.807) is 0 Å². The molecule has 1 aromatic carbocycles. The molecular formula is C11H12ClF2N3O2. The fourth-order valence-corrected chi connectivity index (χ4v) is 1.42. The lowest BCUT2D eigenvalue weighted by Crippen LogP contribution is -2.14. The van der Waals surface area contributed by atoms with Crippen LogP contribution in [0.2, 0.25) is 0 Å². The van der Waals surface area contributed by atoms with Crippen molar-refractivity contribution in [2.24, 2.45) is 5.73 Å². The molecule has 0 aliphatic carbocycles. The molecule has 0 saturated carbocycles. The number of aromatic nitrogens is 2. The van der Waals surface area contributed by atoms with Crippen molar-refractivity contribution in [2.75, 3.05) is 13.7 Å². The second-order valence-corrected chi connectivity index (χ2v) is 3.55. The first-order valence-corrected chi connectivity index (χ1v) is 5.17. The van der Waals surface area contributed by atoms with Crippen LogP contribution in [0.5, 0.6) is 0 Å².